The van der Waals surface area contributed by atoms with Gasteiger partial charge in [-0.3, -0.25) is 14.4 Å². The van der Waals surface area contributed by atoms with Gasteiger partial charge >= 0.3 is 0 Å². The highest BCUT2D eigenvalue weighted by atomic mass is 32.2. The second kappa shape index (κ2) is 12.0. The zero-order valence-corrected chi connectivity index (χ0v) is 19.7. The second-order valence-corrected chi connectivity index (χ2v) is 8.79. The van der Waals surface area contributed by atoms with Crippen LogP contribution in [0, 0.1) is 0 Å². The van der Waals surface area contributed by atoms with Gasteiger partial charge in [-0.2, -0.15) is 0 Å². The Morgan fingerprint density at radius 3 is 1.61 bits per heavy atom. The van der Waals surface area contributed by atoms with Crippen LogP contribution < -0.4 is 0 Å². The molecule has 31 heavy (non-hydrogen) atoms. The molecule has 2 unspecified atom stereocenters. The lowest BCUT2D eigenvalue weighted by Crippen LogP contribution is -2.14. The van der Waals surface area contributed by atoms with Crippen LogP contribution in [0.5, 0.6) is 0 Å². The molecular weight excluding hydrogens is 432 g/mol. The number of carbonyl (C=O) groups is 4. The Hall–Kier alpha value is -2.22. The van der Waals surface area contributed by atoms with Gasteiger partial charge in [0.15, 0.2) is 29.6 Å². The van der Waals surface area contributed by atoms with Crippen molar-refractivity contribution in [2.45, 2.75) is 48.7 Å². The average molecular weight is 459 g/mol. The lowest BCUT2D eigenvalue weighted by molar-refractivity contribution is -0.118. The molecule has 164 valence electrons. The summed E-state index contributed by atoms with van der Waals surface area (Å²) in [5.41, 5.74) is 1.29. The van der Waals surface area contributed by atoms with E-state index in [0.717, 1.165) is 9.79 Å². The normalized spacial score (nSPS) is 16.6. The number of Topliss-reactive ketones (excluding diaryl/α,β-unsaturated/α-hetero) is 4. The van der Waals surface area contributed by atoms with Gasteiger partial charge in [-0.25, -0.2) is 0 Å². The van der Waals surface area contributed by atoms with Crippen LogP contribution in [0.2, 0.25) is 0 Å². The van der Waals surface area contributed by atoms with Crippen LogP contribution in [0.3, 0.4) is 0 Å². The number of carbonyl (C=O) groups excluding carboxylic acids is 4. The minimum Gasteiger partial charge on any atom is -0.353 e. The Bertz CT molecular complexity index is 935. The van der Waals surface area contributed by atoms with E-state index in [9.17, 15) is 19.2 Å². The van der Waals surface area contributed by atoms with E-state index in [0.29, 0.717) is 24.0 Å². The molecule has 0 radical (unpaired) electrons. The largest absolute Gasteiger partial charge is 0.353 e. The summed E-state index contributed by atoms with van der Waals surface area (Å²) in [5.74, 6) is -0.0890. The third-order valence-electron chi connectivity index (χ3n) is 4.64. The van der Waals surface area contributed by atoms with Gasteiger partial charge in [0.05, 0.1) is 0 Å². The van der Waals surface area contributed by atoms with E-state index >= 15 is 0 Å². The number of hydrogen-bond donors (Lipinski definition) is 0. The molecule has 2 aromatic carbocycles. The minimum atomic E-state index is -0.558. The number of ether oxygens (including phenoxy) is 1. The van der Waals surface area contributed by atoms with Crippen molar-refractivity contribution < 1.29 is 23.9 Å². The van der Waals surface area contributed by atoms with E-state index in [4.69, 9.17) is 4.74 Å². The Morgan fingerprint density at radius 2 is 1.23 bits per heavy atom. The van der Waals surface area contributed by atoms with Crippen molar-refractivity contribution in [2.75, 3.05) is 12.5 Å². The number of thioether (sulfide) groups is 2. The molecule has 7 heteroatoms. The molecule has 1 fully saturated rings. The van der Waals surface area contributed by atoms with Crippen molar-refractivity contribution in [3.8, 4) is 0 Å². The first kappa shape index (κ1) is 25.0. The summed E-state index contributed by atoms with van der Waals surface area (Å²) in [7, 11) is 0. The summed E-state index contributed by atoms with van der Waals surface area (Å²) < 4.78 is 5.05. The molecule has 1 aliphatic rings. The summed E-state index contributed by atoms with van der Waals surface area (Å²) in [4.78, 5) is 47.4. The molecule has 0 aliphatic carbocycles. The molecule has 0 N–H and O–H groups in total. The van der Waals surface area contributed by atoms with Gasteiger partial charge < -0.3 is 9.53 Å². The van der Waals surface area contributed by atoms with Gasteiger partial charge in [0, 0.05) is 33.8 Å². The highest BCUT2D eigenvalue weighted by Crippen LogP contribution is 2.27. The molecule has 3 rings (SSSR count). The van der Waals surface area contributed by atoms with Crippen LogP contribution in [0.15, 0.2) is 58.3 Å². The first-order valence-electron chi connectivity index (χ1n) is 9.77. The van der Waals surface area contributed by atoms with Crippen LogP contribution >= 0.6 is 23.5 Å². The van der Waals surface area contributed by atoms with E-state index in [1.165, 1.54) is 13.8 Å². The van der Waals surface area contributed by atoms with Crippen LogP contribution in [0.1, 0.15) is 47.4 Å². The Labute approximate surface area is 191 Å². The molecule has 2 atom stereocenters. The zero-order valence-electron chi connectivity index (χ0n) is 18.0. The Balaban J connectivity index is 0.000000221. The predicted molar refractivity (Wildman–Crippen MR) is 124 cm³/mol. The van der Waals surface area contributed by atoms with Crippen LogP contribution in [0.4, 0.5) is 0 Å². The summed E-state index contributed by atoms with van der Waals surface area (Å²) >= 11 is 3.26. The van der Waals surface area contributed by atoms with Crippen LogP contribution in [0.25, 0.3) is 0 Å². The lowest BCUT2D eigenvalue weighted by atomic mass is 10.1. The summed E-state index contributed by atoms with van der Waals surface area (Å²) in [6, 6.07) is 14.8. The monoisotopic (exact) mass is 458 g/mol. The van der Waals surface area contributed by atoms with Crippen molar-refractivity contribution in [1.29, 1.82) is 0 Å². The van der Waals surface area contributed by atoms with E-state index in [1.807, 2.05) is 48.9 Å². The van der Waals surface area contributed by atoms with Crippen molar-refractivity contribution in [3.05, 3.63) is 59.7 Å². The third kappa shape index (κ3) is 7.76. The van der Waals surface area contributed by atoms with Crippen molar-refractivity contribution in [1.82, 2.24) is 0 Å². The molecule has 0 saturated carbocycles. The van der Waals surface area contributed by atoms with Crippen molar-refractivity contribution in [3.63, 3.8) is 0 Å². The lowest BCUT2D eigenvalue weighted by Gasteiger charge is -2.00. The molecule has 2 aromatic rings. The topological polar surface area (TPSA) is 80.8 Å². The number of rotatable bonds is 9. The smallest absolute Gasteiger partial charge is 0.194 e. The van der Waals surface area contributed by atoms with Gasteiger partial charge in [-0.05, 0) is 50.6 Å². The van der Waals surface area contributed by atoms with E-state index in [1.54, 1.807) is 35.7 Å². The van der Waals surface area contributed by atoms with Gasteiger partial charge in [0.25, 0.3) is 0 Å². The van der Waals surface area contributed by atoms with Gasteiger partial charge in [0.1, 0.15) is 5.78 Å². The maximum atomic E-state index is 11.8. The van der Waals surface area contributed by atoms with Crippen molar-refractivity contribution in [2.24, 2.45) is 0 Å². The standard InChI is InChI=1S/C12H12O3S.C12H14O2S/c1-7(13)11-12(15-11)10(14)8-3-5-9(16-2)6-4-8;1-9(13)3-8-12(14)10-4-6-11(15-2)7-5-10/h3-6,11-12H,1-2H3;4-7H,3,8H2,1-2H3. The minimum absolute atomic E-state index is 0.0397. The first-order valence-corrected chi connectivity index (χ1v) is 12.2. The first-order chi connectivity index (χ1) is 14.8. The fraction of sp³-hybridized carbons (Fsp3) is 0.333. The summed E-state index contributed by atoms with van der Waals surface area (Å²) in [6.45, 7) is 2.94. The molecule has 5 nitrogen and oxygen atoms in total. The average Bonchev–Trinajstić information content (AvgIpc) is 3.59. The van der Waals surface area contributed by atoms with E-state index < -0.39 is 12.2 Å². The third-order valence-corrected chi connectivity index (χ3v) is 6.13. The van der Waals surface area contributed by atoms with Gasteiger partial charge in [0.2, 0.25) is 0 Å². The molecule has 0 bridgehead atoms. The fourth-order valence-electron chi connectivity index (χ4n) is 2.75. The zero-order chi connectivity index (χ0) is 23.0. The van der Waals surface area contributed by atoms with E-state index in [-0.39, 0.29) is 23.1 Å². The van der Waals surface area contributed by atoms with Gasteiger partial charge in [-0.15, -0.1) is 23.5 Å². The number of hydrogen-bond acceptors (Lipinski definition) is 7. The SMILES string of the molecule is CSc1ccc(C(=O)C2OC2C(C)=O)cc1.CSc1ccc(C(=O)CCC(C)=O)cc1. The molecule has 1 aliphatic heterocycles. The highest BCUT2D eigenvalue weighted by molar-refractivity contribution is 7.98. The van der Waals surface area contributed by atoms with Crippen LogP contribution in [-0.4, -0.2) is 47.9 Å². The molecule has 0 aromatic heterocycles. The molecule has 1 heterocycles. The fourth-order valence-corrected chi connectivity index (χ4v) is 3.57. The second-order valence-electron chi connectivity index (χ2n) is 7.03. The Kier molecular flexibility index (Phi) is 9.68. The number of ketones is 4. The molecule has 1 saturated heterocycles. The quantitative estimate of drug-likeness (QED) is 0.300. The predicted octanol–water partition coefficient (Wildman–Crippen LogP) is 4.91. The highest BCUT2D eigenvalue weighted by Gasteiger charge is 2.48. The molecule has 0 spiro atoms. The van der Waals surface area contributed by atoms with Crippen LogP contribution in [-0.2, 0) is 14.3 Å². The van der Waals surface area contributed by atoms with Crippen molar-refractivity contribution >= 4 is 46.7 Å². The number of epoxide rings is 1. The number of benzene rings is 2. The summed E-state index contributed by atoms with van der Waals surface area (Å²) in [6.07, 6.45) is 3.54. The molecular formula is C24H26O5S2. The van der Waals surface area contributed by atoms with Gasteiger partial charge in [-0.1, -0.05) is 24.3 Å². The van der Waals surface area contributed by atoms with E-state index in [2.05, 4.69) is 0 Å². The Morgan fingerprint density at radius 1 is 0.742 bits per heavy atom. The maximum absolute atomic E-state index is 11.8. The summed E-state index contributed by atoms with van der Waals surface area (Å²) in [5, 5.41) is 0. The maximum Gasteiger partial charge on any atom is 0.194 e. The molecule has 0 amide bonds.